The topological polar surface area (TPSA) is 0 Å². The van der Waals surface area contributed by atoms with Gasteiger partial charge < -0.3 is 0 Å². The third kappa shape index (κ3) is 2.91. The lowest BCUT2D eigenvalue weighted by molar-refractivity contribution is 1.35. The summed E-state index contributed by atoms with van der Waals surface area (Å²) in [4.78, 5) is 0. The van der Waals surface area contributed by atoms with E-state index in [9.17, 15) is 0 Å². The molecule has 1 aromatic carbocycles. The third-order valence-electron chi connectivity index (χ3n) is 2.53. The molecule has 0 aliphatic heterocycles. The molecule has 1 aromatic rings. The van der Waals surface area contributed by atoms with Crippen LogP contribution < -0.4 is 0 Å². The lowest BCUT2D eigenvalue weighted by Crippen LogP contribution is -1.84. The Bertz CT molecular complexity index is 318. The van der Waals surface area contributed by atoms with Crippen molar-refractivity contribution < 1.29 is 0 Å². The molecule has 1 saturated carbocycles. The van der Waals surface area contributed by atoms with E-state index in [0.717, 1.165) is 5.75 Å². The summed E-state index contributed by atoms with van der Waals surface area (Å²) in [5, 5.41) is 0. The van der Waals surface area contributed by atoms with Crippen LogP contribution in [0.15, 0.2) is 41.5 Å². The second-order valence-corrected chi connectivity index (χ2v) is 4.85. The molecule has 0 unspecified atom stereocenters. The molecule has 0 amide bonds. The van der Waals surface area contributed by atoms with Gasteiger partial charge in [0.05, 0.1) is 0 Å². The Hall–Kier alpha value is -0.690. The zero-order chi connectivity index (χ0) is 9.80. The normalized spacial score (nSPS) is 14.2. The zero-order valence-corrected chi connectivity index (χ0v) is 9.44. The van der Waals surface area contributed by atoms with Crippen molar-refractivity contribution in [2.75, 3.05) is 5.75 Å². The van der Waals surface area contributed by atoms with Crippen LogP contribution in [0.1, 0.15) is 25.3 Å². The maximum atomic E-state index is 2.28. The molecule has 0 atom stereocenters. The number of hydrogen-bond donors (Lipinski definition) is 0. The summed E-state index contributed by atoms with van der Waals surface area (Å²) < 4.78 is 0. The van der Waals surface area contributed by atoms with Crippen molar-refractivity contribution in [1.29, 1.82) is 0 Å². The smallest absolute Gasteiger partial charge is 0.0187 e. The first-order valence-corrected chi connectivity index (χ1v) is 6.31. The van der Waals surface area contributed by atoms with Gasteiger partial charge in [0.2, 0.25) is 0 Å². The minimum atomic E-state index is 1.14. The van der Waals surface area contributed by atoms with Gasteiger partial charge in [0.1, 0.15) is 0 Å². The molecule has 0 bridgehead atoms. The second kappa shape index (κ2) is 4.70. The Balaban J connectivity index is 1.76. The molecule has 0 saturated heterocycles. The minimum Gasteiger partial charge on any atom is -0.153 e. The Morgan fingerprint density at radius 3 is 2.57 bits per heavy atom. The SMILES string of the molecule is CC(CSCc1ccccc1)=C1CC1. The summed E-state index contributed by atoms with van der Waals surface area (Å²) in [5.74, 6) is 2.36. The number of rotatable bonds is 4. The third-order valence-corrected chi connectivity index (χ3v) is 3.71. The van der Waals surface area contributed by atoms with Crippen molar-refractivity contribution in [3.63, 3.8) is 0 Å². The Kier molecular flexibility index (Phi) is 3.30. The van der Waals surface area contributed by atoms with E-state index in [0.29, 0.717) is 0 Å². The van der Waals surface area contributed by atoms with Gasteiger partial charge in [-0.25, -0.2) is 0 Å². The number of allylic oxidation sites excluding steroid dienone is 1. The fraction of sp³-hybridized carbons (Fsp3) is 0.385. The largest absolute Gasteiger partial charge is 0.153 e. The highest BCUT2D eigenvalue weighted by molar-refractivity contribution is 7.98. The monoisotopic (exact) mass is 204 g/mol. The van der Waals surface area contributed by atoms with E-state index < -0.39 is 0 Å². The fourth-order valence-corrected chi connectivity index (χ4v) is 2.53. The van der Waals surface area contributed by atoms with Gasteiger partial charge >= 0.3 is 0 Å². The lowest BCUT2D eigenvalue weighted by Gasteiger charge is -2.01. The van der Waals surface area contributed by atoms with Crippen LogP contribution in [-0.4, -0.2) is 5.75 Å². The molecule has 74 valence electrons. The van der Waals surface area contributed by atoms with E-state index in [1.165, 1.54) is 24.2 Å². The molecular weight excluding hydrogens is 188 g/mol. The first-order valence-electron chi connectivity index (χ1n) is 5.15. The Morgan fingerprint density at radius 1 is 1.21 bits per heavy atom. The van der Waals surface area contributed by atoms with Crippen molar-refractivity contribution >= 4 is 11.8 Å². The molecule has 1 fully saturated rings. The molecule has 1 heteroatoms. The predicted octanol–water partition coefficient (Wildman–Crippen LogP) is 4.03. The van der Waals surface area contributed by atoms with Gasteiger partial charge in [-0.3, -0.25) is 0 Å². The van der Waals surface area contributed by atoms with Crippen molar-refractivity contribution in [2.24, 2.45) is 0 Å². The van der Waals surface area contributed by atoms with Crippen molar-refractivity contribution in [3.05, 3.63) is 47.0 Å². The van der Waals surface area contributed by atoms with Gasteiger partial charge in [0, 0.05) is 11.5 Å². The first-order chi connectivity index (χ1) is 6.86. The van der Waals surface area contributed by atoms with E-state index in [4.69, 9.17) is 0 Å². The molecule has 0 N–H and O–H groups in total. The van der Waals surface area contributed by atoms with Crippen LogP contribution in [0.3, 0.4) is 0 Å². The predicted molar refractivity (Wildman–Crippen MR) is 64.5 cm³/mol. The van der Waals surface area contributed by atoms with Gasteiger partial charge in [-0.1, -0.05) is 41.5 Å². The summed E-state index contributed by atoms with van der Waals surface area (Å²) in [6, 6.07) is 10.7. The standard InChI is InChI=1S/C13H16S/c1-11(13-7-8-13)9-14-10-12-5-3-2-4-6-12/h2-6H,7-10H2,1H3. The van der Waals surface area contributed by atoms with Gasteiger partial charge in [-0.15, -0.1) is 0 Å². The van der Waals surface area contributed by atoms with Crippen LogP contribution in [-0.2, 0) is 5.75 Å². The summed E-state index contributed by atoms with van der Waals surface area (Å²) >= 11 is 2.02. The van der Waals surface area contributed by atoms with Crippen LogP contribution in [0.4, 0.5) is 0 Å². The molecule has 0 spiro atoms. The zero-order valence-electron chi connectivity index (χ0n) is 8.62. The van der Waals surface area contributed by atoms with Crippen LogP contribution >= 0.6 is 11.8 Å². The molecule has 14 heavy (non-hydrogen) atoms. The molecular formula is C13H16S. The van der Waals surface area contributed by atoms with E-state index in [2.05, 4.69) is 37.3 Å². The molecule has 1 aliphatic carbocycles. The Morgan fingerprint density at radius 2 is 1.93 bits per heavy atom. The molecule has 0 nitrogen and oxygen atoms in total. The Labute approximate surface area is 90.4 Å². The molecule has 0 aromatic heterocycles. The molecule has 1 aliphatic rings. The van der Waals surface area contributed by atoms with Gasteiger partial charge in [-0.05, 0) is 25.3 Å². The van der Waals surface area contributed by atoms with E-state index in [-0.39, 0.29) is 0 Å². The van der Waals surface area contributed by atoms with E-state index in [1.54, 1.807) is 11.1 Å². The van der Waals surface area contributed by atoms with E-state index in [1.807, 2.05) is 11.8 Å². The fourth-order valence-electron chi connectivity index (χ4n) is 1.49. The van der Waals surface area contributed by atoms with Crippen LogP contribution in [0.5, 0.6) is 0 Å². The maximum Gasteiger partial charge on any atom is 0.0187 e. The lowest BCUT2D eigenvalue weighted by atomic mass is 10.2. The molecule has 2 rings (SSSR count). The minimum absolute atomic E-state index is 1.14. The second-order valence-electron chi connectivity index (χ2n) is 3.86. The van der Waals surface area contributed by atoms with Crippen LogP contribution in [0, 0.1) is 0 Å². The molecule has 0 heterocycles. The van der Waals surface area contributed by atoms with Gasteiger partial charge in [-0.2, -0.15) is 11.8 Å². The average Bonchev–Trinajstić information content (AvgIpc) is 3.02. The van der Waals surface area contributed by atoms with Crippen molar-refractivity contribution in [2.45, 2.75) is 25.5 Å². The number of benzene rings is 1. The van der Waals surface area contributed by atoms with E-state index >= 15 is 0 Å². The summed E-state index contributed by atoms with van der Waals surface area (Å²) in [6.45, 7) is 2.28. The van der Waals surface area contributed by atoms with Gasteiger partial charge in [0.25, 0.3) is 0 Å². The highest BCUT2D eigenvalue weighted by atomic mass is 32.2. The van der Waals surface area contributed by atoms with Crippen molar-refractivity contribution in [1.82, 2.24) is 0 Å². The number of thioether (sulfide) groups is 1. The maximum absolute atomic E-state index is 2.28. The average molecular weight is 204 g/mol. The first kappa shape index (κ1) is 9.85. The summed E-state index contributed by atoms with van der Waals surface area (Å²) in [6.07, 6.45) is 2.72. The highest BCUT2D eigenvalue weighted by Crippen LogP contribution is 2.32. The van der Waals surface area contributed by atoms with Crippen LogP contribution in [0.25, 0.3) is 0 Å². The van der Waals surface area contributed by atoms with Gasteiger partial charge in [0.15, 0.2) is 0 Å². The summed E-state index contributed by atoms with van der Waals surface area (Å²) in [7, 11) is 0. The quantitative estimate of drug-likeness (QED) is 0.667. The van der Waals surface area contributed by atoms with Crippen LogP contribution in [0.2, 0.25) is 0 Å². The summed E-state index contributed by atoms with van der Waals surface area (Å²) in [5.41, 5.74) is 4.75. The van der Waals surface area contributed by atoms with Crippen molar-refractivity contribution in [3.8, 4) is 0 Å². The highest BCUT2D eigenvalue weighted by Gasteiger charge is 2.13. The molecule has 0 radical (unpaired) electrons. The number of hydrogen-bond acceptors (Lipinski definition) is 1.